The van der Waals surface area contributed by atoms with Crippen molar-refractivity contribution in [3.63, 3.8) is 0 Å². The second-order valence-electron chi connectivity index (χ2n) is 6.37. The van der Waals surface area contributed by atoms with Crippen LogP contribution in [0.1, 0.15) is 31.9 Å². The predicted molar refractivity (Wildman–Crippen MR) is 83.0 cm³/mol. The van der Waals surface area contributed by atoms with Gasteiger partial charge < -0.3 is 5.84 Å². The van der Waals surface area contributed by atoms with Crippen LogP contribution in [0, 0.1) is 6.92 Å². The highest BCUT2D eigenvalue weighted by atomic mass is 15.3. The molecule has 1 aromatic heterocycles. The first-order valence-corrected chi connectivity index (χ1v) is 6.68. The Hall–Kier alpha value is -1.96. The molecule has 0 bridgehead atoms. The van der Waals surface area contributed by atoms with Crippen molar-refractivity contribution in [1.82, 2.24) is 4.68 Å². The molecule has 0 aliphatic carbocycles. The summed E-state index contributed by atoms with van der Waals surface area (Å²) in [6, 6.07) is 13.1. The molecule has 3 aromatic rings. The van der Waals surface area contributed by atoms with Crippen LogP contribution in [0.2, 0.25) is 0 Å². The maximum absolute atomic E-state index is 6.27. The molecule has 2 heteroatoms. The Bertz CT molecular complexity index is 773. The van der Waals surface area contributed by atoms with Crippen molar-refractivity contribution in [3.05, 3.63) is 47.5 Å². The van der Waals surface area contributed by atoms with E-state index < -0.39 is 0 Å². The Balaban J connectivity index is 2.41. The highest BCUT2D eigenvalue weighted by Gasteiger charge is 2.16. The summed E-state index contributed by atoms with van der Waals surface area (Å²) in [6.07, 6.45) is 0. The quantitative estimate of drug-likeness (QED) is 0.600. The normalized spacial score (nSPS) is 12.4. The van der Waals surface area contributed by atoms with Gasteiger partial charge in [0.1, 0.15) is 0 Å². The highest BCUT2D eigenvalue weighted by molar-refractivity contribution is 6.08. The molecule has 2 aromatic carbocycles. The second-order valence-corrected chi connectivity index (χ2v) is 6.37. The van der Waals surface area contributed by atoms with Crippen molar-refractivity contribution >= 4 is 21.8 Å². The number of nitrogens with two attached hydrogens (primary N) is 1. The van der Waals surface area contributed by atoms with E-state index in [9.17, 15) is 0 Å². The fourth-order valence-electron chi connectivity index (χ4n) is 2.62. The Morgan fingerprint density at radius 3 is 2.11 bits per heavy atom. The number of fused-ring (bicyclic) bond motifs is 3. The van der Waals surface area contributed by atoms with Gasteiger partial charge in [-0.3, -0.25) is 4.68 Å². The van der Waals surface area contributed by atoms with E-state index in [0.717, 1.165) is 11.0 Å². The van der Waals surface area contributed by atoms with Crippen molar-refractivity contribution in [3.8, 4) is 0 Å². The average molecular weight is 252 g/mol. The lowest BCUT2D eigenvalue weighted by atomic mass is 9.86. The molecule has 0 aliphatic heterocycles. The maximum atomic E-state index is 6.27. The Labute approximate surface area is 113 Å². The summed E-state index contributed by atoms with van der Waals surface area (Å²) in [6.45, 7) is 8.77. The van der Waals surface area contributed by atoms with Crippen LogP contribution >= 0.6 is 0 Å². The van der Waals surface area contributed by atoms with Gasteiger partial charge >= 0.3 is 0 Å². The monoisotopic (exact) mass is 252 g/mol. The first-order chi connectivity index (χ1) is 8.88. The van der Waals surface area contributed by atoms with Crippen LogP contribution in [0.4, 0.5) is 0 Å². The van der Waals surface area contributed by atoms with E-state index in [1.807, 2.05) is 4.68 Å². The summed E-state index contributed by atoms with van der Waals surface area (Å²) < 4.78 is 1.81. The molecule has 0 saturated carbocycles. The van der Waals surface area contributed by atoms with Gasteiger partial charge in [0.15, 0.2) is 0 Å². The summed E-state index contributed by atoms with van der Waals surface area (Å²) in [5, 5.41) is 2.45. The third-order valence-electron chi connectivity index (χ3n) is 3.83. The summed E-state index contributed by atoms with van der Waals surface area (Å²) in [7, 11) is 0. The van der Waals surface area contributed by atoms with Crippen LogP contribution in [-0.2, 0) is 5.41 Å². The van der Waals surface area contributed by atoms with Crippen LogP contribution < -0.4 is 5.84 Å². The molecule has 0 saturated heterocycles. The van der Waals surface area contributed by atoms with Crippen LogP contribution in [0.5, 0.6) is 0 Å². The molecule has 98 valence electrons. The minimum atomic E-state index is 0.139. The number of aromatic nitrogens is 1. The number of benzene rings is 2. The molecule has 1 heterocycles. The largest absolute Gasteiger partial charge is 0.339 e. The van der Waals surface area contributed by atoms with E-state index >= 15 is 0 Å². The lowest BCUT2D eigenvalue weighted by Gasteiger charge is -2.19. The molecule has 2 N–H and O–H groups in total. The molecule has 0 atom stereocenters. The third-order valence-corrected chi connectivity index (χ3v) is 3.83. The first kappa shape index (κ1) is 12.1. The number of hydrogen-bond donors (Lipinski definition) is 1. The Morgan fingerprint density at radius 2 is 1.47 bits per heavy atom. The predicted octanol–water partition coefficient (Wildman–Crippen LogP) is 4.11. The Kier molecular flexibility index (Phi) is 2.40. The van der Waals surface area contributed by atoms with Gasteiger partial charge in [0.2, 0.25) is 0 Å². The minimum Gasteiger partial charge on any atom is -0.339 e. The highest BCUT2D eigenvalue weighted by Crippen LogP contribution is 2.31. The summed E-state index contributed by atoms with van der Waals surface area (Å²) in [5.74, 6) is 6.27. The van der Waals surface area contributed by atoms with Crippen molar-refractivity contribution < 1.29 is 0 Å². The molecule has 2 nitrogen and oxygen atoms in total. The molecule has 19 heavy (non-hydrogen) atoms. The average Bonchev–Trinajstić information content (AvgIpc) is 2.62. The van der Waals surface area contributed by atoms with Crippen molar-refractivity contribution in [1.29, 1.82) is 0 Å². The van der Waals surface area contributed by atoms with Gasteiger partial charge in [0, 0.05) is 10.8 Å². The standard InChI is InChI=1S/C17H20N2/c1-11-5-7-13-14-8-6-12(17(2,3)4)10-16(14)19(18)15(13)9-11/h5-10H,18H2,1-4H3. The fraction of sp³-hybridized carbons (Fsp3) is 0.294. The van der Waals surface area contributed by atoms with E-state index in [-0.39, 0.29) is 5.41 Å². The number of nitrogen functional groups attached to an aromatic ring is 1. The maximum Gasteiger partial charge on any atom is 0.0706 e. The number of nitrogens with zero attached hydrogens (tertiary/aromatic N) is 1. The minimum absolute atomic E-state index is 0.139. The van der Waals surface area contributed by atoms with Crippen LogP contribution in [-0.4, -0.2) is 4.68 Å². The van der Waals surface area contributed by atoms with Gasteiger partial charge in [-0.2, -0.15) is 0 Å². The van der Waals surface area contributed by atoms with Gasteiger partial charge in [-0.05, 0) is 35.6 Å². The van der Waals surface area contributed by atoms with Crippen molar-refractivity contribution in [2.45, 2.75) is 33.1 Å². The summed E-state index contributed by atoms with van der Waals surface area (Å²) in [4.78, 5) is 0. The van der Waals surface area contributed by atoms with E-state index in [1.165, 1.54) is 21.9 Å². The van der Waals surface area contributed by atoms with E-state index in [0.29, 0.717) is 0 Å². The van der Waals surface area contributed by atoms with Gasteiger partial charge in [-0.1, -0.05) is 45.0 Å². The van der Waals surface area contributed by atoms with Gasteiger partial charge in [-0.25, -0.2) is 0 Å². The smallest absolute Gasteiger partial charge is 0.0706 e. The van der Waals surface area contributed by atoms with E-state index in [4.69, 9.17) is 5.84 Å². The van der Waals surface area contributed by atoms with Gasteiger partial charge in [0.05, 0.1) is 11.0 Å². The molecule has 0 fully saturated rings. The van der Waals surface area contributed by atoms with Crippen LogP contribution in [0.25, 0.3) is 21.8 Å². The molecular weight excluding hydrogens is 232 g/mol. The molecule has 3 rings (SSSR count). The lowest BCUT2D eigenvalue weighted by molar-refractivity contribution is 0.591. The molecule has 0 spiro atoms. The third kappa shape index (κ3) is 1.79. The second kappa shape index (κ2) is 3.77. The van der Waals surface area contributed by atoms with Crippen molar-refractivity contribution in [2.24, 2.45) is 0 Å². The summed E-state index contributed by atoms with van der Waals surface area (Å²) >= 11 is 0. The topological polar surface area (TPSA) is 30.9 Å². The molecule has 0 radical (unpaired) electrons. The van der Waals surface area contributed by atoms with Crippen molar-refractivity contribution in [2.75, 3.05) is 5.84 Å². The van der Waals surface area contributed by atoms with Gasteiger partial charge in [0.25, 0.3) is 0 Å². The fourth-order valence-corrected chi connectivity index (χ4v) is 2.62. The van der Waals surface area contributed by atoms with Gasteiger partial charge in [-0.15, -0.1) is 0 Å². The lowest BCUT2D eigenvalue weighted by Crippen LogP contribution is -2.12. The van der Waals surface area contributed by atoms with Crippen LogP contribution in [0.15, 0.2) is 36.4 Å². The molecule has 0 amide bonds. The van der Waals surface area contributed by atoms with E-state index in [2.05, 4.69) is 64.1 Å². The number of rotatable bonds is 0. The zero-order valence-corrected chi connectivity index (χ0v) is 12.0. The molecular formula is C17H20N2. The van der Waals surface area contributed by atoms with Crippen LogP contribution in [0.3, 0.4) is 0 Å². The Morgan fingerprint density at radius 1 is 0.895 bits per heavy atom. The molecule has 0 unspecified atom stereocenters. The van der Waals surface area contributed by atoms with E-state index in [1.54, 1.807) is 0 Å². The number of aryl methyl sites for hydroxylation is 1. The zero-order chi connectivity index (χ0) is 13.8. The summed E-state index contributed by atoms with van der Waals surface area (Å²) in [5.41, 5.74) is 4.89. The first-order valence-electron chi connectivity index (χ1n) is 6.68. The SMILES string of the molecule is Cc1ccc2c3ccc(C(C)(C)C)cc3n(N)c2c1. The molecule has 0 aliphatic rings. The number of hydrogen-bond acceptors (Lipinski definition) is 1. The zero-order valence-electron chi connectivity index (χ0n) is 12.0.